The molecule has 1 heterocycles. The van der Waals surface area contributed by atoms with Gasteiger partial charge in [-0.25, -0.2) is 0 Å². The zero-order chi connectivity index (χ0) is 19.9. The van der Waals surface area contributed by atoms with Crippen LogP contribution >= 0.6 is 0 Å². The first-order valence-electron chi connectivity index (χ1n) is 9.18. The van der Waals surface area contributed by atoms with E-state index in [9.17, 15) is 4.79 Å². The average Bonchev–Trinajstić information content (AvgIpc) is 2.73. The number of anilines is 1. The third kappa shape index (κ3) is 4.88. The summed E-state index contributed by atoms with van der Waals surface area (Å²) < 4.78 is 11.2. The average molecular weight is 376 g/mol. The van der Waals surface area contributed by atoms with Crippen LogP contribution in [-0.4, -0.2) is 18.0 Å². The molecule has 1 aromatic heterocycles. The minimum atomic E-state index is -0.166. The van der Waals surface area contributed by atoms with Crippen LogP contribution in [0.1, 0.15) is 41.3 Å². The smallest absolute Gasteiger partial charge is 0.255 e. The summed E-state index contributed by atoms with van der Waals surface area (Å²) in [5.41, 5.74) is 3.45. The molecule has 5 nitrogen and oxygen atoms in total. The van der Waals surface area contributed by atoms with E-state index in [0.717, 1.165) is 5.56 Å². The molecule has 1 amide bonds. The van der Waals surface area contributed by atoms with Gasteiger partial charge in [0.2, 0.25) is 0 Å². The Balaban J connectivity index is 1.72. The Morgan fingerprint density at radius 3 is 2.36 bits per heavy atom. The lowest BCUT2D eigenvalue weighted by Gasteiger charge is -2.13. The maximum atomic E-state index is 12.6. The van der Waals surface area contributed by atoms with Crippen molar-refractivity contribution in [2.24, 2.45) is 0 Å². The van der Waals surface area contributed by atoms with Gasteiger partial charge in [-0.1, -0.05) is 26.0 Å². The Bertz CT molecular complexity index is 922. The third-order valence-electron chi connectivity index (χ3n) is 4.40. The van der Waals surface area contributed by atoms with Gasteiger partial charge in [0.1, 0.15) is 6.61 Å². The summed E-state index contributed by atoms with van der Waals surface area (Å²) in [7, 11) is 1.59. The third-order valence-corrected chi connectivity index (χ3v) is 4.40. The van der Waals surface area contributed by atoms with E-state index in [0.29, 0.717) is 35.3 Å². The van der Waals surface area contributed by atoms with E-state index >= 15 is 0 Å². The van der Waals surface area contributed by atoms with Crippen LogP contribution in [0.5, 0.6) is 11.5 Å². The van der Waals surface area contributed by atoms with Crippen molar-refractivity contribution in [3.63, 3.8) is 0 Å². The number of hydrogen-bond acceptors (Lipinski definition) is 4. The minimum Gasteiger partial charge on any atom is -0.493 e. The van der Waals surface area contributed by atoms with E-state index in [1.807, 2.05) is 36.4 Å². The maximum Gasteiger partial charge on any atom is 0.255 e. The Morgan fingerprint density at radius 1 is 1.00 bits per heavy atom. The topological polar surface area (TPSA) is 60.5 Å². The number of rotatable bonds is 7. The molecule has 0 fully saturated rings. The van der Waals surface area contributed by atoms with Gasteiger partial charge in [-0.15, -0.1) is 0 Å². The minimum absolute atomic E-state index is 0.166. The number of hydrogen-bond donors (Lipinski definition) is 1. The molecule has 0 radical (unpaired) electrons. The van der Waals surface area contributed by atoms with E-state index in [2.05, 4.69) is 24.1 Å². The molecule has 0 saturated heterocycles. The highest BCUT2D eigenvalue weighted by molar-refractivity contribution is 6.04. The Kier molecular flexibility index (Phi) is 6.27. The van der Waals surface area contributed by atoms with Crippen LogP contribution in [0, 0.1) is 0 Å². The summed E-state index contributed by atoms with van der Waals surface area (Å²) in [6, 6.07) is 16.8. The zero-order valence-corrected chi connectivity index (χ0v) is 16.3. The number of benzene rings is 2. The first kappa shape index (κ1) is 19.4. The fourth-order valence-corrected chi connectivity index (χ4v) is 2.73. The SMILES string of the molecule is COc1ccc(NC(=O)c2ccc(C(C)C)cc2)cc1OCc1ccncc1. The summed E-state index contributed by atoms with van der Waals surface area (Å²) in [6.07, 6.45) is 3.44. The number of carbonyl (C=O) groups is 1. The highest BCUT2D eigenvalue weighted by Crippen LogP contribution is 2.31. The molecule has 0 aliphatic heterocycles. The fourth-order valence-electron chi connectivity index (χ4n) is 2.73. The van der Waals surface area contributed by atoms with Crippen molar-refractivity contribution in [1.82, 2.24) is 4.98 Å². The van der Waals surface area contributed by atoms with Gasteiger partial charge in [0.05, 0.1) is 7.11 Å². The lowest BCUT2D eigenvalue weighted by Crippen LogP contribution is -2.12. The van der Waals surface area contributed by atoms with Crippen molar-refractivity contribution in [3.05, 3.63) is 83.7 Å². The molecule has 0 bridgehead atoms. The van der Waals surface area contributed by atoms with E-state index in [4.69, 9.17) is 9.47 Å². The number of carbonyl (C=O) groups excluding carboxylic acids is 1. The number of ether oxygens (including phenoxy) is 2. The first-order valence-corrected chi connectivity index (χ1v) is 9.18. The standard InChI is InChI=1S/C23H24N2O3/c1-16(2)18-4-6-19(7-5-18)23(26)25-20-8-9-21(27-3)22(14-20)28-15-17-10-12-24-13-11-17/h4-14,16H,15H2,1-3H3,(H,25,26). The van der Waals surface area contributed by atoms with Crippen LogP contribution in [0.2, 0.25) is 0 Å². The van der Waals surface area contributed by atoms with E-state index < -0.39 is 0 Å². The van der Waals surface area contributed by atoms with Crippen molar-refractivity contribution < 1.29 is 14.3 Å². The molecule has 0 aliphatic carbocycles. The number of nitrogens with zero attached hydrogens (tertiary/aromatic N) is 1. The van der Waals surface area contributed by atoms with Crippen molar-refractivity contribution in [3.8, 4) is 11.5 Å². The number of nitrogens with one attached hydrogen (secondary N) is 1. The maximum absolute atomic E-state index is 12.6. The summed E-state index contributed by atoms with van der Waals surface area (Å²) in [4.78, 5) is 16.5. The largest absolute Gasteiger partial charge is 0.493 e. The highest BCUT2D eigenvalue weighted by atomic mass is 16.5. The predicted molar refractivity (Wildman–Crippen MR) is 110 cm³/mol. The van der Waals surface area contributed by atoms with Crippen LogP contribution in [0.3, 0.4) is 0 Å². The molecule has 0 aliphatic rings. The molecule has 3 rings (SSSR count). The van der Waals surface area contributed by atoms with E-state index in [-0.39, 0.29) is 5.91 Å². The molecular formula is C23H24N2O3. The monoisotopic (exact) mass is 376 g/mol. The molecule has 1 N–H and O–H groups in total. The van der Waals surface area contributed by atoms with Crippen molar-refractivity contribution >= 4 is 11.6 Å². The number of aromatic nitrogens is 1. The number of pyridine rings is 1. The Morgan fingerprint density at radius 2 is 1.71 bits per heavy atom. The van der Waals surface area contributed by atoms with Crippen LogP contribution in [0.25, 0.3) is 0 Å². The van der Waals surface area contributed by atoms with Crippen LogP contribution < -0.4 is 14.8 Å². The molecule has 5 heteroatoms. The summed E-state index contributed by atoms with van der Waals surface area (Å²) in [5.74, 6) is 1.43. The van der Waals surface area contributed by atoms with Crippen LogP contribution in [0.15, 0.2) is 67.0 Å². The van der Waals surface area contributed by atoms with E-state index in [1.54, 1.807) is 37.7 Å². The van der Waals surface area contributed by atoms with Gasteiger partial charge < -0.3 is 14.8 Å². The Labute approximate surface area is 165 Å². The second kappa shape index (κ2) is 9.04. The lowest BCUT2D eigenvalue weighted by atomic mass is 10.0. The molecule has 3 aromatic rings. The Hall–Kier alpha value is -3.34. The molecule has 0 atom stereocenters. The molecule has 0 unspecified atom stereocenters. The molecule has 0 spiro atoms. The van der Waals surface area contributed by atoms with Gasteiger partial charge in [0.15, 0.2) is 11.5 Å². The van der Waals surface area contributed by atoms with Crippen molar-refractivity contribution in [2.45, 2.75) is 26.4 Å². The van der Waals surface area contributed by atoms with Crippen molar-refractivity contribution in [1.29, 1.82) is 0 Å². The van der Waals surface area contributed by atoms with Crippen LogP contribution in [0.4, 0.5) is 5.69 Å². The first-order chi connectivity index (χ1) is 13.6. The van der Waals surface area contributed by atoms with E-state index in [1.165, 1.54) is 5.56 Å². The number of methoxy groups -OCH3 is 1. The lowest BCUT2D eigenvalue weighted by molar-refractivity contribution is 0.102. The molecule has 28 heavy (non-hydrogen) atoms. The van der Waals surface area contributed by atoms with Gasteiger partial charge in [0.25, 0.3) is 5.91 Å². The second-order valence-electron chi connectivity index (χ2n) is 6.74. The highest BCUT2D eigenvalue weighted by Gasteiger charge is 2.11. The molecule has 2 aromatic carbocycles. The predicted octanol–water partition coefficient (Wildman–Crippen LogP) is 5.04. The molecule has 0 saturated carbocycles. The number of amides is 1. The van der Waals surface area contributed by atoms with Crippen molar-refractivity contribution in [2.75, 3.05) is 12.4 Å². The summed E-state index contributed by atoms with van der Waals surface area (Å²) in [5, 5.41) is 2.91. The normalized spacial score (nSPS) is 10.6. The zero-order valence-electron chi connectivity index (χ0n) is 16.3. The van der Waals surface area contributed by atoms with Gasteiger partial charge in [-0.05, 0) is 53.4 Å². The summed E-state index contributed by atoms with van der Waals surface area (Å²) in [6.45, 7) is 4.63. The molecule has 144 valence electrons. The second-order valence-corrected chi connectivity index (χ2v) is 6.74. The van der Waals surface area contributed by atoms with Gasteiger partial charge >= 0.3 is 0 Å². The van der Waals surface area contributed by atoms with Crippen LogP contribution in [-0.2, 0) is 6.61 Å². The fraction of sp³-hybridized carbons (Fsp3) is 0.217. The van der Waals surface area contributed by atoms with Gasteiger partial charge in [0, 0.05) is 29.7 Å². The summed E-state index contributed by atoms with van der Waals surface area (Å²) >= 11 is 0. The molecular weight excluding hydrogens is 352 g/mol. The quantitative estimate of drug-likeness (QED) is 0.627. The van der Waals surface area contributed by atoms with Gasteiger partial charge in [-0.2, -0.15) is 0 Å². The van der Waals surface area contributed by atoms with Gasteiger partial charge in [-0.3, -0.25) is 9.78 Å².